The predicted molar refractivity (Wildman–Crippen MR) is 87.2 cm³/mol. The van der Waals surface area contributed by atoms with Crippen molar-refractivity contribution in [2.45, 2.75) is 25.4 Å². The zero-order valence-electron chi connectivity index (χ0n) is 12.8. The summed E-state index contributed by atoms with van der Waals surface area (Å²) in [5.74, 6) is 0.917. The van der Waals surface area contributed by atoms with E-state index in [4.69, 9.17) is 14.8 Å². The van der Waals surface area contributed by atoms with Crippen molar-refractivity contribution in [3.63, 3.8) is 0 Å². The van der Waals surface area contributed by atoms with Crippen LogP contribution in [0.25, 0.3) is 11.0 Å². The zero-order valence-corrected chi connectivity index (χ0v) is 12.8. The van der Waals surface area contributed by atoms with Crippen LogP contribution in [-0.2, 0) is 11.3 Å². The van der Waals surface area contributed by atoms with Crippen LogP contribution in [0.3, 0.4) is 0 Å². The predicted octanol–water partition coefficient (Wildman–Crippen LogP) is 1.21. The van der Waals surface area contributed by atoms with Gasteiger partial charge in [-0.1, -0.05) is 12.1 Å². The highest BCUT2D eigenvalue weighted by atomic mass is 16.5. The monoisotopic (exact) mass is 304 g/mol. The number of ether oxygens (including phenoxy) is 1. The summed E-state index contributed by atoms with van der Waals surface area (Å²) in [4.78, 5) is 4.73. The van der Waals surface area contributed by atoms with E-state index < -0.39 is 0 Å². The van der Waals surface area contributed by atoms with Crippen molar-refractivity contribution in [3.05, 3.63) is 24.3 Å². The fourth-order valence-corrected chi connectivity index (χ4v) is 2.88. The number of benzene rings is 1. The third-order valence-electron chi connectivity index (χ3n) is 4.02. The second kappa shape index (κ2) is 7.58. The third-order valence-corrected chi connectivity index (χ3v) is 4.02. The molecule has 0 unspecified atom stereocenters. The van der Waals surface area contributed by atoms with Crippen LogP contribution in [0, 0.1) is 0 Å². The summed E-state index contributed by atoms with van der Waals surface area (Å²) in [7, 11) is 0. The Morgan fingerprint density at radius 1 is 1.27 bits per heavy atom. The second-order valence-electron chi connectivity index (χ2n) is 5.58. The summed E-state index contributed by atoms with van der Waals surface area (Å²) >= 11 is 0. The van der Waals surface area contributed by atoms with E-state index in [1.54, 1.807) is 0 Å². The van der Waals surface area contributed by atoms with Gasteiger partial charge in [0.25, 0.3) is 0 Å². The molecule has 3 N–H and O–H groups in total. The Bertz CT molecular complexity index is 593. The summed E-state index contributed by atoms with van der Waals surface area (Å²) in [5, 5.41) is 15.8. The quantitative estimate of drug-likeness (QED) is 0.671. The Balaban J connectivity index is 1.77. The first kappa shape index (κ1) is 15.3. The maximum atomic E-state index is 8.80. The van der Waals surface area contributed by atoms with Crippen molar-refractivity contribution in [1.29, 1.82) is 0 Å². The smallest absolute Gasteiger partial charge is 0.204 e. The minimum Gasteiger partial charge on any atom is -0.394 e. The third kappa shape index (κ3) is 3.58. The number of rotatable bonds is 7. The van der Waals surface area contributed by atoms with Gasteiger partial charge in [0.1, 0.15) is 0 Å². The SMILES string of the molecule is OCCOCCn1c(NC2CCNCC2)nc2ccccc21. The fraction of sp³-hybridized carbons (Fsp3) is 0.562. The summed E-state index contributed by atoms with van der Waals surface area (Å²) in [5.41, 5.74) is 2.12. The van der Waals surface area contributed by atoms with Crippen LogP contribution in [0.1, 0.15) is 12.8 Å². The molecule has 0 amide bonds. The lowest BCUT2D eigenvalue weighted by molar-refractivity contribution is 0.0877. The van der Waals surface area contributed by atoms with Crippen LogP contribution in [0.15, 0.2) is 24.3 Å². The highest BCUT2D eigenvalue weighted by Crippen LogP contribution is 2.21. The first-order valence-corrected chi connectivity index (χ1v) is 7.99. The first-order chi connectivity index (χ1) is 10.9. The van der Waals surface area contributed by atoms with Crippen LogP contribution in [-0.4, -0.2) is 53.6 Å². The van der Waals surface area contributed by atoms with Crippen LogP contribution in [0.4, 0.5) is 5.95 Å². The Hall–Kier alpha value is -1.63. The molecule has 1 aliphatic rings. The molecule has 1 saturated heterocycles. The largest absolute Gasteiger partial charge is 0.394 e. The molecule has 1 aliphatic heterocycles. The minimum atomic E-state index is 0.0604. The molecule has 0 radical (unpaired) electrons. The van der Waals surface area contributed by atoms with E-state index >= 15 is 0 Å². The second-order valence-corrected chi connectivity index (χ2v) is 5.58. The van der Waals surface area contributed by atoms with Crippen LogP contribution >= 0.6 is 0 Å². The van der Waals surface area contributed by atoms with E-state index in [2.05, 4.69) is 21.3 Å². The van der Waals surface area contributed by atoms with Crippen LogP contribution in [0.2, 0.25) is 0 Å². The molecule has 0 aliphatic carbocycles. The van der Waals surface area contributed by atoms with Gasteiger partial charge >= 0.3 is 0 Å². The lowest BCUT2D eigenvalue weighted by Crippen LogP contribution is -2.36. The molecule has 1 fully saturated rings. The fourth-order valence-electron chi connectivity index (χ4n) is 2.88. The van der Waals surface area contributed by atoms with Crippen molar-refractivity contribution in [3.8, 4) is 0 Å². The normalized spacial score (nSPS) is 16.2. The van der Waals surface area contributed by atoms with E-state index in [1.165, 1.54) is 0 Å². The molecular formula is C16H24N4O2. The molecule has 0 saturated carbocycles. The first-order valence-electron chi connectivity index (χ1n) is 7.99. The number of anilines is 1. The molecule has 0 atom stereocenters. The van der Waals surface area contributed by atoms with Crippen molar-refractivity contribution in [1.82, 2.24) is 14.9 Å². The number of aromatic nitrogens is 2. The Kier molecular flexibility index (Phi) is 5.26. The van der Waals surface area contributed by atoms with E-state index in [-0.39, 0.29) is 6.61 Å². The maximum absolute atomic E-state index is 8.80. The van der Waals surface area contributed by atoms with Crippen molar-refractivity contribution in [2.24, 2.45) is 0 Å². The number of fused-ring (bicyclic) bond motifs is 1. The molecule has 1 aromatic heterocycles. The average Bonchev–Trinajstić information content (AvgIpc) is 2.90. The van der Waals surface area contributed by atoms with Gasteiger partial charge in [-0.2, -0.15) is 0 Å². The molecular weight excluding hydrogens is 280 g/mol. The van der Waals surface area contributed by atoms with Gasteiger partial charge in [-0.05, 0) is 38.1 Å². The molecule has 6 nitrogen and oxygen atoms in total. The topological polar surface area (TPSA) is 71.3 Å². The molecule has 2 aromatic rings. The number of aliphatic hydroxyl groups is 1. The average molecular weight is 304 g/mol. The van der Waals surface area contributed by atoms with Crippen LogP contribution in [0.5, 0.6) is 0 Å². The standard InChI is InChI=1S/C16H24N4O2/c21-10-12-22-11-9-20-15-4-2-1-3-14(15)19-16(20)18-13-5-7-17-8-6-13/h1-4,13,17,21H,5-12H2,(H,18,19). The van der Waals surface area contributed by atoms with E-state index in [9.17, 15) is 0 Å². The summed E-state index contributed by atoms with van der Waals surface area (Å²) < 4.78 is 7.59. The van der Waals surface area contributed by atoms with Gasteiger partial charge in [-0.3, -0.25) is 0 Å². The van der Waals surface area contributed by atoms with Gasteiger partial charge in [-0.25, -0.2) is 4.98 Å². The number of nitrogens with one attached hydrogen (secondary N) is 2. The number of imidazole rings is 1. The molecule has 0 bridgehead atoms. The highest BCUT2D eigenvalue weighted by molar-refractivity contribution is 5.78. The number of hydrogen-bond donors (Lipinski definition) is 3. The Morgan fingerprint density at radius 2 is 2.09 bits per heavy atom. The Labute approximate surface area is 130 Å². The van der Waals surface area contributed by atoms with E-state index in [0.717, 1.165) is 49.5 Å². The molecule has 120 valence electrons. The maximum Gasteiger partial charge on any atom is 0.204 e. The van der Waals surface area contributed by atoms with Gasteiger partial charge in [0.05, 0.1) is 30.9 Å². The highest BCUT2D eigenvalue weighted by Gasteiger charge is 2.17. The number of piperidine rings is 1. The molecule has 1 aromatic carbocycles. The van der Waals surface area contributed by atoms with E-state index in [0.29, 0.717) is 19.3 Å². The number of aliphatic hydroxyl groups excluding tert-OH is 1. The molecule has 6 heteroatoms. The number of hydrogen-bond acceptors (Lipinski definition) is 5. The molecule has 2 heterocycles. The minimum absolute atomic E-state index is 0.0604. The molecule has 3 rings (SSSR count). The number of para-hydroxylation sites is 2. The summed E-state index contributed by atoms with van der Waals surface area (Å²) in [6.45, 7) is 3.85. The van der Waals surface area contributed by atoms with Crippen molar-refractivity contribution in [2.75, 3.05) is 38.2 Å². The zero-order chi connectivity index (χ0) is 15.2. The lowest BCUT2D eigenvalue weighted by Gasteiger charge is -2.24. The van der Waals surface area contributed by atoms with Gasteiger partial charge in [0, 0.05) is 12.6 Å². The van der Waals surface area contributed by atoms with Gasteiger partial charge in [0.2, 0.25) is 5.95 Å². The van der Waals surface area contributed by atoms with Gasteiger partial charge in [-0.15, -0.1) is 0 Å². The molecule has 0 spiro atoms. The molecule has 22 heavy (non-hydrogen) atoms. The lowest BCUT2D eigenvalue weighted by atomic mass is 10.1. The van der Waals surface area contributed by atoms with Gasteiger partial charge < -0.3 is 25.0 Å². The van der Waals surface area contributed by atoms with Crippen molar-refractivity contribution < 1.29 is 9.84 Å². The van der Waals surface area contributed by atoms with Gasteiger partial charge in [0.15, 0.2) is 0 Å². The van der Waals surface area contributed by atoms with E-state index in [1.807, 2.05) is 18.2 Å². The van der Waals surface area contributed by atoms with Crippen LogP contribution < -0.4 is 10.6 Å². The summed E-state index contributed by atoms with van der Waals surface area (Å²) in [6, 6.07) is 8.63. The number of nitrogens with zero attached hydrogens (tertiary/aromatic N) is 2. The summed E-state index contributed by atoms with van der Waals surface area (Å²) in [6.07, 6.45) is 2.23. The van der Waals surface area contributed by atoms with Crippen molar-refractivity contribution >= 4 is 17.0 Å². The Morgan fingerprint density at radius 3 is 2.91 bits per heavy atom.